The minimum absolute atomic E-state index is 0.321. The average Bonchev–Trinajstić information content (AvgIpc) is 2.73. The Kier molecular flexibility index (Phi) is 3.96. The van der Waals surface area contributed by atoms with Crippen LogP contribution in [0, 0.1) is 0 Å². The molecule has 0 bridgehead atoms. The van der Waals surface area contributed by atoms with Crippen LogP contribution >= 0.6 is 0 Å². The third-order valence-electron chi connectivity index (χ3n) is 3.25. The molecule has 1 aromatic heterocycles. The van der Waals surface area contributed by atoms with E-state index in [2.05, 4.69) is 27.6 Å². The summed E-state index contributed by atoms with van der Waals surface area (Å²) in [6.45, 7) is 6.32. The molecular formula is C12H22N4. The largest absolute Gasteiger partial charge is 0.333 e. The minimum atomic E-state index is 0.321. The Morgan fingerprint density at radius 2 is 2.38 bits per heavy atom. The molecule has 2 N–H and O–H groups in total. The maximum absolute atomic E-state index is 6.12. The number of imidazole rings is 1. The van der Waals surface area contributed by atoms with E-state index in [0.717, 1.165) is 32.6 Å². The number of fused-ring (bicyclic) bond motifs is 1. The molecule has 0 fully saturated rings. The lowest BCUT2D eigenvalue weighted by atomic mass is 10.1. The van der Waals surface area contributed by atoms with Crippen LogP contribution in [0.3, 0.4) is 0 Å². The van der Waals surface area contributed by atoms with Gasteiger partial charge in [0.1, 0.15) is 5.82 Å². The van der Waals surface area contributed by atoms with Crippen molar-refractivity contribution in [2.75, 3.05) is 13.1 Å². The first-order chi connectivity index (χ1) is 7.79. The van der Waals surface area contributed by atoms with Gasteiger partial charge >= 0.3 is 0 Å². The van der Waals surface area contributed by atoms with E-state index in [1.165, 1.54) is 18.7 Å². The number of nitrogens with two attached hydrogens (primary N) is 1. The Hall–Kier alpha value is -0.870. The quantitative estimate of drug-likeness (QED) is 0.814. The molecule has 1 aliphatic rings. The normalized spacial score (nSPS) is 18.4. The first-order valence-electron chi connectivity index (χ1n) is 6.27. The smallest absolute Gasteiger partial charge is 0.122 e. The molecule has 2 rings (SSSR count). The molecule has 2 heterocycles. The van der Waals surface area contributed by atoms with Gasteiger partial charge in [0.2, 0.25) is 0 Å². The minimum Gasteiger partial charge on any atom is -0.333 e. The lowest BCUT2D eigenvalue weighted by molar-refractivity contribution is 0.201. The van der Waals surface area contributed by atoms with Gasteiger partial charge in [0.25, 0.3) is 0 Å². The molecule has 16 heavy (non-hydrogen) atoms. The summed E-state index contributed by atoms with van der Waals surface area (Å²) in [6.07, 6.45) is 7.56. The van der Waals surface area contributed by atoms with Crippen LogP contribution in [0.25, 0.3) is 0 Å². The predicted octanol–water partition coefficient (Wildman–Crippen LogP) is 1.22. The fraction of sp³-hybridized carbons (Fsp3) is 0.750. The summed E-state index contributed by atoms with van der Waals surface area (Å²) in [5.41, 5.74) is 6.12. The summed E-state index contributed by atoms with van der Waals surface area (Å²) in [7, 11) is 0. The molecule has 1 unspecified atom stereocenters. The van der Waals surface area contributed by atoms with Gasteiger partial charge in [0, 0.05) is 38.1 Å². The summed E-state index contributed by atoms with van der Waals surface area (Å²) in [4.78, 5) is 6.78. The van der Waals surface area contributed by atoms with E-state index in [0.29, 0.717) is 6.04 Å². The van der Waals surface area contributed by atoms with Crippen LogP contribution < -0.4 is 5.73 Å². The van der Waals surface area contributed by atoms with Crippen LogP contribution in [-0.2, 0) is 13.1 Å². The molecule has 0 amide bonds. The van der Waals surface area contributed by atoms with E-state index in [4.69, 9.17) is 5.73 Å². The SMILES string of the molecule is CCCCC(N)CN1CCn2ccnc2C1. The van der Waals surface area contributed by atoms with Crippen molar-refractivity contribution in [3.05, 3.63) is 18.2 Å². The van der Waals surface area contributed by atoms with Gasteiger partial charge in [0.15, 0.2) is 0 Å². The van der Waals surface area contributed by atoms with E-state index < -0.39 is 0 Å². The lowest BCUT2D eigenvalue weighted by Crippen LogP contribution is -2.41. The molecule has 90 valence electrons. The Bertz CT molecular complexity index is 321. The monoisotopic (exact) mass is 222 g/mol. The summed E-state index contributed by atoms with van der Waals surface area (Å²) in [6, 6.07) is 0.321. The van der Waals surface area contributed by atoms with Crippen LogP contribution in [0.5, 0.6) is 0 Å². The van der Waals surface area contributed by atoms with E-state index >= 15 is 0 Å². The first kappa shape index (κ1) is 11.6. The third kappa shape index (κ3) is 2.83. The number of nitrogens with zero attached hydrogens (tertiary/aromatic N) is 3. The van der Waals surface area contributed by atoms with Crippen molar-refractivity contribution in [2.45, 2.75) is 45.3 Å². The standard InChI is InChI=1S/C12H22N4/c1-2-3-4-11(13)9-15-7-8-16-6-5-14-12(16)10-15/h5-6,11H,2-4,7-10,13H2,1H3. The first-order valence-corrected chi connectivity index (χ1v) is 6.27. The van der Waals surface area contributed by atoms with Gasteiger partial charge < -0.3 is 10.3 Å². The summed E-state index contributed by atoms with van der Waals surface area (Å²) < 4.78 is 2.23. The molecular weight excluding hydrogens is 200 g/mol. The van der Waals surface area contributed by atoms with Gasteiger partial charge in [0.05, 0.1) is 6.54 Å². The highest BCUT2D eigenvalue weighted by Gasteiger charge is 2.17. The molecule has 4 heteroatoms. The number of rotatable bonds is 5. The van der Waals surface area contributed by atoms with Crippen LogP contribution in [0.15, 0.2) is 12.4 Å². The van der Waals surface area contributed by atoms with Crippen molar-refractivity contribution in [3.63, 3.8) is 0 Å². The molecule has 0 radical (unpaired) electrons. The summed E-state index contributed by atoms with van der Waals surface area (Å²) >= 11 is 0. The number of hydrogen-bond acceptors (Lipinski definition) is 3. The van der Waals surface area contributed by atoms with Gasteiger partial charge in [-0.25, -0.2) is 4.98 Å². The molecule has 1 aliphatic heterocycles. The Labute approximate surface area is 97.4 Å². The van der Waals surface area contributed by atoms with Gasteiger partial charge in [-0.15, -0.1) is 0 Å². The van der Waals surface area contributed by atoms with Crippen LogP contribution in [0.1, 0.15) is 32.0 Å². The topological polar surface area (TPSA) is 47.1 Å². The van der Waals surface area contributed by atoms with E-state index in [-0.39, 0.29) is 0 Å². The van der Waals surface area contributed by atoms with Gasteiger partial charge in [-0.2, -0.15) is 0 Å². The zero-order valence-electron chi connectivity index (χ0n) is 10.1. The number of hydrogen-bond donors (Lipinski definition) is 1. The van der Waals surface area contributed by atoms with Crippen molar-refractivity contribution in [3.8, 4) is 0 Å². The fourth-order valence-electron chi connectivity index (χ4n) is 2.27. The van der Waals surface area contributed by atoms with Gasteiger partial charge in [-0.05, 0) is 6.42 Å². The van der Waals surface area contributed by atoms with Crippen molar-refractivity contribution < 1.29 is 0 Å². The zero-order valence-corrected chi connectivity index (χ0v) is 10.1. The molecule has 0 spiro atoms. The van der Waals surface area contributed by atoms with Gasteiger partial charge in [-0.1, -0.05) is 19.8 Å². The maximum atomic E-state index is 6.12. The molecule has 0 saturated heterocycles. The highest BCUT2D eigenvalue weighted by atomic mass is 15.2. The van der Waals surface area contributed by atoms with Crippen molar-refractivity contribution in [2.24, 2.45) is 5.73 Å². The lowest BCUT2D eigenvalue weighted by Gasteiger charge is -2.29. The maximum Gasteiger partial charge on any atom is 0.122 e. The van der Waals surface area contributed by atoms with Crippen LogP contribution in [-0.4, -0.2) is 33.6 Å². The van der Waals surface area contributed by atoms with Gasteiger partial charge in [-0.3, -0.25) is 4.90 Å². The molecule has 0 saturated carbocycles. The Balaban J connectivity index is 1.80. The second kappa shape index (κ2) is 5.46. The summed E-state index contributed by atoms with van der Waals surface area (Å²) in [5, 5.41) is 0. The number of unbranched alkanes of at least 4 members (excludes halogenated alkanes) is 1. The predicted molar refractivity (Wildman–Crippen MR) is 65.0 cm³/mol. The highest BCUT2D eigenvalue weighted by Crippen LogP contribution is 2.11. The zero-order chi connectivity index (χ0) is 11.4. The Morgan fingerprint density at radius 3 is 3.19 bits per heavy atom. The molecule has 0 aromatic carbocycles. The molecule has 4 nitrogen and oxygen atoms in total. The average molecular weight is 222 g/mol. The summed E-state index contributed by atoms with van der Waals surface area (Å²) in [5.74, 6) is 1.17. The fourth-order valence-corrected chi connectivity index (χ4v) is 2.27. The Morgan fingerprint density at radius 1 is 1.50 bits per heavy atom. The van der Waals surface area contributed by atoms with E-state index in [9.17, 15) is 0 Å². The molecule has 1 aromatic rings. The van der Waals surface area contributed by atoms with Crippen LogP contribution in [0.2, 0.25) is 0 Å². The van der Waals surface area contributed by atoms with Crippen molar-refractivity contribution in [1.82, 2.24) is 14.5 Å². The molecule has 0 aliphatic carbocycles. The van der Waals surface area contributed by atoms with Crippen molar-refractivity contribution in [1.29, 1.82) is 0 Å². The second-order valence-electron chi connectivity index (χ2n) is 4.67. The van der Waals surface area contributed by atoms with Crippen molar-refractivity contribution >= 4 is 0 Å². The van der Waals surface area contributed by atoms with E-state index in [1.54, 1.807) is 0 Å². The molecule has 1 atom stereocenters. The third-order valence-corrected chi connectivity index (χ3v) is 3.25. The van der Waals surface area contributed by atoms with E-state index in [1.807, 2.05) is 6.20 Å². The second-order valence-corrected chi connectivity index (χ2v) is 4.67. The highest BCUT2D eigenvalue weighted by molar-refractivity contribution is 4.95. The van der Waals surface area contributed by atoms with Crippen LogP contribution in [0.4, 0.5) is 0 Å². The number of aromatic nitrogens is 2.